The number of hydrogen-bond acceptors (Lipinski definition) is 4. The Labute approximate surface area is 112 Å². The van der Waals surface area contributed by atoms with Crippen molar-refractivity contribution in [2.75, 3.05) is 0 Å². The van der Waals surface area contributed by atoms with Crippen molar-refractivity contribution in [3.05, 3.63) is 25.5 Å². The van der Waals surface area contributed by atoms with E-state index in [1.165, 1.54) is 6.92 Å². The third-order valence-corrected chi connectivity index (χ3v) is 2.41. The standard InChI is InChI=1S/C13H19NO5/c1-5-9(3)19-12(18)13(6-2,14-10(4)15)8-7-11(16)17/h6-9H,2,5H2,1,3-4H3,(H,14,15)(H,16,17). The Morgan fingerprint density at radius 3 is 2.42 bits per heavy atom. The number of hydrogen-bond donors (Lipinski definition) is 2. The van der Waals surface area contributed by atoms with E-state index < -0.39 is 23.4 Å². The van der Waals surface area contributed by atoms with Gasteiger partial charge in [0.2, 0.25) is 5.91 Å². The molecule has 0 rings (SSSR count). The molecule has 2 unspecified atom stereocenters. The number of ether oxygens (including phenoxy) is 1. The van der Waals surface area contributed by atoms with E-state index in [1.54, 1.807) is 6.92 Å². The maximum atomic E-state index is 12.1. The van der Waals surface area contributed by atoms with Gasteiger partial charge in [-0.2, -0.15) is 0 Å². The van der Waals surface area contributed by atoms with Crippen molar-refractivity contribution in [2.24, 2.45) is 0 Å². The summed E-state index contributed by atoms with van der Waals surface area (Å²) in [5.74, 6) is -2.52. The maximum Gasteiger partial charge on any atom is 0.336 e. The lowest BCUT2D eigenvalue weighted by molar-refractivity contribution is -0.154. The number of esters is 1. The first-order valence-electron chi connectivity index (χ1n) is 5.83. The van der Waals surface area contributed by atoms with Crippen LogP contribution in [0.25, 0.3) is 0 Å². The highest BCUT2D eigenvalue weighted by atomic mass is 16.5. The third kappa shape index (κ3) is 5.54. The molecule has 0 heterocycles. The minimum atomic E-state index is -1.67. The van der Waals surface area contributed by atoms with E-state index >= 15 is 0 Å². The van der Waals surface area contributed by atoms with E-state index in [0.717, 1.165) is 18.9 Å². The van der Waals surface area contributed by atoms with Crippen molar-refractivity contribution in [1.82, 2.24) is 5.32 Å². The van der Waals surface area contributed by atoms with E-state index in [1.807, 2.05) is 6.92 Å². The molecule has 2 atom stereocenters. The van der Waals surface area contributed by atoms with Crippen LogP contribution < -0.4 is 5.32 Å². The molecule has 0 spiro atoms. The van der Waals surface area contributed by atoms with E-state index in [9.17, 15) is 14.4 Å². The summed E-state index contributed by atoms with van der Waals surface area (Å²) in [5, 5.41) is 11.0. The van der Waals surface area contributed by atoms with Crippen LogP contribution in [0.1, 0.15) is 27.2 Å². The summed E-state index contributed by atoms with van der Waals surface area (Å²) in [7, 11) is 0. The van der Waals surface area contributed by atoms with Crippen LogP contribution in [0.4, 0.5) is 0 Å². The molecule has 0 fully saturated rings. The van der Waals surface area contributed by atoms with Gasteiger partial charge in [-0.3, -0.25) is 9.59 Å². The number of carboxylic acids is 1. The number of aliphatic carboxylic acids is 1. The second-order valence-electron chi connectivity index (χ2n) is 4.05. The molecule has 2 radical (unpaired) electrons. The van der Waals surface area contributed by atoms with Gasteiger partial charge in [-0.15, -0.1) is 6.58 Å². The normalized spacial score (nSPS) is 14.9. The zero-order valence-corrected chi connectivity index (χ0v) is 11.3. The molecule has 0 aromatic carbocycles. The number of nitrogens with one attached hydrogen (secondary N) is 1. The van der Waals surface area contributed by atoms with Crippen molar-refractivity contribution in [1.29, 1.82) is 0 Å². The molecule has 0 aliphatic carbocycles. The zero-order chi connectivity index (χ0) is 15.1. The fourth-order valence-corrected chi connectivity index (χ4v) is 1.22. The Morgan fingerprint density at radius 1 is 1.47 bits per heavy atom. The smallest absolute Gasteiger partial charge is 0.336 e. The average Bonchev–Trinajstić information content (AvgIpc) is 2.33. The van der Waals surface area contributed by atoms with Crippen molar-refractivity contribution < 1.29 is 24.2 Å². The summed E-state index contributed by atoms with van der Waals surface area (Å²) in [5.41, 5.74) is -1.67. The molecule has 0 saturated carbocycles. The van der Waals surface area contributed by atoms with Crippen LogP contribution in [-0.2, 0) is 19.1 Å². The van der Waals surface area contributed by atoms with Crippen LogP contribution >= 0.6 is 0 Å². The Hall–Kier alpha value is -1.85. The summed E-state index contributed by atoms with van der Waals surface area (Å²) in [6, 6.07) is 0. The lowest BCUT2D eigenvalue weighted by Crippen LogP contribution is -2.54. The number of carbonyl (C=O) groups excluding carboxylic acids is 2. The molecule has 6 heteroatoms. The molecular formula is C13H19NO5. The molecule has 106 valence electrons. The van der Waals surface area contributed by atoms with Crippen molar-refractivity contribution >= 4 is 17.8 Å². The van der Waals surface area contributed by atoms with Gasteiger partial charge in [0.1, 0.15) is 0 Å². The summed E-state index contributed by atoms with van der Waals surface area (Å²) in [6.07, 6.45) is 3.18. The monoisotopic (exact) mass is 269 g/mol. The maximum absolute atomic E-state index is 12.1. The van der Waals surface area contributed by atoms with Crippen LogP contribution in [0.2, 0.25) is 0 Å². The second-order valence-corrected chi connectivity index (χ2v) is 4.05. The molecule has 0 saturated heterocycles. The largest absolute Gasteiger partial charge is 0.481 e. The third-order valence-electron chi connectivity index (χ3n) is 2.41. The van der Waals surface area contributed by atoms with Gasteiger partial charge in [0, 0.05) is 13.3 Å². The van der Waals surface area contributed by atoms with Crippen LogP contribution in [0.15, 0.2) is 12.7 Å². The quantitative estimate of drug-likeness (QED) is 0.504. The molecule has 0 aliphatic heterocycles. The van der Waals surface area contributed by atoms with Crippen LogP contribution in [0.3, 0.4) is 0 Å². The molecule has 0 bridgehead atoms. The van der Waals surface area contributed by atoms with Crippen LogP contribution in [-0.4, -0.2) is 34.6 Å². The highest BCUT2D eigenvalue weighted by Crippen LogP contribution is 2.17. The topological polar surface area (TPSA) is 92.7 Å². The first-order valence-corrected chi connectivity index (χ1v) is 5.83. The Kier molecular flexibility index (Phi) is 6.82. The molecular weight excluding hydrogens is 250 g/mol. The van der Waals surface area contributed by atoms with Gasteiger partial charge in [-0.25, -0.2) is 4.79 Å². The summed E-state index contributed by atoms with van der Waals surface area (Å²) >= 11 is 0. The van der Waals surface area contributed by atoms with Crippen molar-refractivity contribution in [2.45, 2.75) is 38.8 Å². The van der Waals surface area contributed by atoms with Crippen molar-refractivity contribution in [3.63, 3.8) is 0 Å². The van der Waals surface area contributed by atoms with Crippen molar-refractivity contribution in [3.8, 4) is 0 Å². The molecule has 19 heavy (non-hydrogen) atoms. The average molecular weight is 269 g/mol. The summed E-state index contributed by atoms with van der Waals surface area (Å²) < 4.78 is 5.12. The fourth-order valence-electron chi connectivity index (χ4n) is 1.22. The van der Waals surface area contributed by atoms with Gasteiger partial charge in [0.15, 0.2) is 5.54 Å². The minimum Gasteiger partial charge on any atom is -0.481 e. The van der Waals surface area contributed by atoms with Crippen LogP contribution in [0.5, 0.6) is 0 Å². The minimum absolute atomic E-state index is 0.348. The first-order chi connectivity index (χ1) is 8.77. The van der Waals surface area contributed by atoms with E-state index in [0.29, 0.717) is 6.42 Å². The SMILES string of the molecule is C=CC([CH][CH]C(=O)O)(NC(C)=O)C(=O)OC(C)CC. The molecule has 1 amide bonds. The first kappa shape index (κ1) is 17.2. The molecule has 0 aliphatic rings. The lowest BCUT2D eigenvalue weighted by Gasteiger charge is -2.29. The Morgan fingerprint density at radius 2 is 2.05 bits per heavy atom. The molecule has 2 N–H and O–H groups in total. The highest BCUT2D eigenvalue weighted by Gasteiger charge is 2.39. The summed E-state index contributed by atoms with van der Waals surface area (Å²) in [4.78, 5) is 33.8. The number of carboxylic acid groups (broad SMARTS) is 1. The van der Waals surface area contributed by atoms with E-state index in [2.05, 4.69) is 11.9 Å². The molecule has 0 aromatic rings. The molecule has 0 aromatic heterocycles. The Balaban J connectivity index is 5.09. The van der Waals surface area contributed by atoms with Gasteiger partial charge in [-0.1, -0.05) is 13.0 Å². The fraction of sp³-hybridized carbons (Fsp3) is 0.462. The predicted octanol–water partition coefficient (Wildman–Crippen LogP) is 0.882. The highest BCUT2D eigenvalue weighted by molar-refractivity contribution is 5.93. The number of rotatable bonds is 8. The van der Waals surface area contributed by atoms with Gasteiger partial charge in [-0.05, 0) is 13.3 Å². The van der Waals surface area contributed by atoms with Gasteiger partial charge in [0.05, 0.1) is 12.5 Å². The summed E-state index contributed by atoms with van der Waals surface area (Å²) in [6.45, 7) is 8.20. The van der Waals surface area contributed by atoms with Gasteiger partial charge >= 0.3 is 11.9 Å². The van der Waals surface area contributed by atoms with Gasteiger partial charge < -0.3 is 15.2 Å². The van der Waals surface area contributed by atoms with Gasteiger partial charge in [0.25, 0.3) is 0 Å². The second kappa shape index (κ2) is 7.56. The zero-order valence-electron chi connectivity index (χ0n) is 11.3. The lowest BCUT2D eigenvalue weighted by atomic mass is 9.93. The van der Waals surface area contributed by atoms with E-state index in [4.69, 9.17) is 9.84 Å². The Bertz CT molecular complexity index is 366. The number of amides is 1. The predicted molar refractivity (Wildman–Crippen MR) is 68.8 cm³/mol. The van der Waals surface area contributed by atoms with Crippen LogP contribution in [0, 0.1) is 12.8 Å². The number of carbonyl (C=O) groups is 3. The van der Waals surface area contributed by atoms with E-state index in [-0.39, 0.29) is 6.10 Å². The molecule has 6 nitrogen and oxygen atoms in total.